The fourth-order valence-corrected chi connectivity index (χ4v) is 3.14. The third-order valence-corrected chi connectivity index (χ3v) is 4.48. The first kappa shape index (κ1) is 17.7. The summed E-state index contributed by atoms with van der Waals surface area (Å²) in [4.78, 5) is 0. The highest BCUT2D eigenvalue weighted by Gasteiger charge is 2.22. The molecule has 0 aliphatic heterocycles. The summed E-state index contributed by atoms with van der Waals surface area (Å²) < 4.78 is 8.91. The Labute approximate surface area is 131 Å². The Kier molecular flexibility index (Phi) is 7.77. The zero-order valence-electron chi connectivity index (χ0n) is 13.4. The molecule has 1 aromatic heterocycles. The molecule has 0 radical (unpaired) electrons. The van der Waals surface area contributed by atoms with Crippen molar-refractivity contribution in [2.45, 2.75) is 59.1 Å². The highest BCUT2D eigenvalue weighted by atomic mass is 79.9. The van der Waals surface area contributed by atoms with Crippen molar-refractivity contribution >= 4 is 15.9 Å². The standard InChI is InChI=1S/C15H28BrN3O/c1-6-9-17-13(11(4)20-8-3)10-14-15(16)12(7-2)18-19(14)5/h11,13,17H,6-10H2,1-5H3. The maximum atomic E-state index is 5.78. The Hall–Kier alpha value is -0.390. The van der Waals surface area contributed by atoms with E-state index in [-0.39, 0.29) is 6.10 Å². The molecule has 0 saturated heterocycles. The summed E-state index contributed by atoms with van der Waals surface area (Å²) in [5.41, 5.74) is 2.36. The van der Waals surface area contributed by atoms with Crippen LogP contribution in [0.1, 0.15) is 45.5 Å². The third-order valence-electron chi connectivity index (χ3n) is 3.57. The lowest BCUT2D eigenvalue weighted by Crippen LogP contribution is -2.42. The maximum Gasteiger partial charge on any atom is 0.0766 e. The first-order valence-electron chi connectivity index (χ1n) is 7.60. The molecule has 20 heavy (non-hydrogen) atoms. The van der Waals surface area contributed by atoms with Crippen molar-refractivity contribution in [2.75, 3.05) is 13.2 Å². The Morgan fingerprint density at radius 1 is 1.35 bits per heavy atom. The first-order valence-corrected chi connectivity index (χ1v) is 8.39. The van der Waals surface area contributed by atoms with Crippen molar-refractivity contribution < 1.29 is 4.74 Å². The molecule has 0 aliphatic carbocycles. The monoisotopic (exact) mass is 345 g/mol. The van der Waals surface area contributed by atoms with Crippen molar-refractivity contribution in [2.24, 2.45) is 7.05 Å². The van der Waals surface area contributed by atoms with Crippen LogP contribution >= 0.6 is 15.9 Å². The van der Waals surface area contributed by atoms with Crippen LogP contribution < -0.4 is 5.32 Å². The van der Waals surface area contributed by atoms with Crippen LogP contribution in [0.15, 0.2) is 4.47 Å². The number of rotatable bonds is 9. The Bertz CT molecular complexity index is 406. The molecule has 1 rings (SSSR count). The lowest BCUT2D eigenvalue weighted by Gasteiger charge is -2.25. The van der Waals surface area contributed by atoms with Gasteiger partial charge in [-0.3, -0.25) is 4.68 Å². The van der Waals surface area contributed by atoms with Crippen LogP contribution in [0.25, 0.3) is 0 Å². The van der Waals surface area contributed by atoms with Gasteiger partial charge < -0.3 is 10.1 Å². The lowest BCUT2D eigenvalue weighted by atomic mass is 10.1. The molecule has 0 amide bonds. The van der Waals surface area contributed by atoms with Crippen LogP contribution in [0.3, 0.4) is 0 Å². The molecule has 0 aromatic carbocycles. The molecule has 116 valence electrons. The molecule has 0 fully saturated rings. The zero-order chi connectivity index (χ0) is 15.1. The van der Waals surface area contributed by atoms with Gasteiger partial charge in [-0.05, 0) is 49.2 Å². The Morgan fingerprint density at radius 3 is 2.55 bits per heavy atom. The molecule has 0 aliphatic rings. The van der Waals surface area contributed by atoms with Crippen molar-refractivity contribution in [3.8, 4) is 0 Å². The number of halogens is 1. The topological polar surface area (TPSA) is 39.1 Å². The minimum Gasteiger partial charge on any atom is -0.377 e. The molecule has 1 heterocycles. The number of nitrogens with zero attached hydrogens (tertiary/aromatic N) is 2. The second-order valence-electron chi connectivity index (χ2n) is 5.11. The van der Waals surface area contributed by atoms with Crippen LogP contribution in [0, 0.1) is 0 Å². The molecule has 0 bridgehead atoms. The third kappa shape index (κ3) is 4.57. The predicted molar refractivity (Wildman–Crippen MR) is 87.2 cm³/mol. The van der Waals surface area contributed by atoms with Gasteiger partial charge >= 0.3 is 0 Å². The minimum atomic E-state index is 0.193. The molecule has 5 heteroatoms. The van der Waals surface area contributed by atoms with E-state index in [1.54, 1.807) is 0 Å². The number of nitrogens with one attached hydrogen (secondary N) is 1. The van der Waals surface area contributed by atoms with Crippen molar-refractivity contribution in [3.05, 3.63) is 15.9 Å². The van der Waals surface area contributed by atoms with Gasteiger partial charge in [0.05, 0.1) is 22.0 Å². The summed E-state index contributed by atoms with van der Waals surface area (Å²) in [6.07, 6.45) is 3.19. The summed E-state index contributed by atoms with van der Waals surface area (Å²) in [5, 5.41) is 8.17. The Balaban J connectivity index is 2.85. The van der Waals surface area contributed by atoms with Crippen LogP contribution in [-0.4, -0.2) is 35.1 Å². The van der Waals surface area contributed by atoms with Gasteiger partial charge in [0.25, 0.3) is 0 Å². The maximum absolute atomic E-state index is 5.78. The van der Waals surface area contributed by atoms with E-state index in [9.17, 15) is 0 Å². The molecule has 4 nitrogen and oxygen atoms in total. The molecule has 2 unspecified atom stereocenters. The van der Waals surface area contributed by atoms with Gasteiger partial charge in [-0.25, -0.2) is 0 Å². The highest BCUT2D eigenvalue weighted by molar-refractivity contribution is 9.10. The lowest BCUT2D eigenvalue weighted by molar-refractivity contribution is 0.0471. The van der Waals surface area contributed by atoms with Crippen LogP contribution in [0.2, 0.25) is 0 Å². The SMILES string of the molecule is CCCNC(Cc1c(Br)c(CC)nn1C)C(C)OCC. The molecule has 1 N–H and O–H groups in total. The van der Waals surface area contributed by atoms with Crippen LogP contribution in [0.5, 0.6) is 0 Å². The summed E-state index contributed by atoms with van der Waals surface area (Å²) in [6.45, 7) is 10.3. The molecular formula is C15H28BrN3O. The summed E-state index contributed by atoms with van der Waals surface area (Å²) in [5.74, 6) is 0. The molecular weight excluding hydrogens is 318 g/mol. The van der Waals surface area contributed by atoms with E-state index in [2.05, 4.69) is 47.1 Å². The summed E-state index contributed by atoms with van der Waals surface area (Å²) in [6, 6.07) is 0.311. The van der Waals surface area contributed by atoms with E-state index in [0.29, 0.717) is 6.04 Å². The number of ether oxygens (including phenoxy) is 1. The fraction of sp³-hybridized carbons (Fsp3) is 0.800. The van der Waals surface area contributed by atoms with Crippen molar-refractivity contribution in [1.82, 2.24) is 15.1 Å². The van der Waals surface area contributed by atoms with E-state index in [1.165, 1.54) is 5.69 Å². The minimum absolute atomic E-state index is 0.193. The second kappa shape index (κ2) is 8.80. The van der Waals surface area contributed by atoms with Gasteiger partial charge in [0.15, 0.2) is 0 Å². The van der Waals surface area contributed by atoms with Gasteiger partial charge in [-0.2, -0.15) is 5.10 Å². The first-order chi connectivity index (χ1) is 9.54. The second-order valence-corrected chi connectivity index (χ2v) is 5.90. The predicted octanol–water partition coefficient (Wildman–Crippen LogP) is 3.08. The van der Waals surface area contributed by atoms with Gasteiger partial charge in [-0.1, -0.05) is 13.8 Å². The van der Waals surface area contributed by atoms with E-state index >= 15 is 0 Å². The number of hydrogen-bond donors (Lipinski definition) is 1. The average Bonchev–Trinajstić information content (AvgIpc) is 2.70. The largest absolute Gasteiger partial charge is 0.377 e. The van der Waals surface area contributed by atoms with E-state index in [0.717, 1.165) is 42.6 Å². The summed E-state index contributed by atoms with van der Waals surface area (Å²) in [7, 11) is 2.02. The molecule has 0 saturated carbocycles. The van der Waals surface area contributed by atoms with Crippen molar-refractivity contribution in [1.29, 1.82) is 0 Å². The summed E-state index contributed by atoms with van der Waals surface area (Å²) >= 11 is 3.70. The number of aromatic nitrogens is 2. The number of hydrogen-bond acceptors (Lipinski definition) is 3. The van der Waals surface area contributed by atoms with Crippen LogP contribution in [0.4, 0.5) is 0 Å². The fourth-order valence-electron chi connectivity index (χ4n) is 2.36. The van der Waals surface area contributed by atoms with E-state index < -0.39 is 0 Å². The van der Waals surface area contributed by atoms with Gasteiger partial charge in [0.1, 0.15) is 0 Å². The van der Waals surface area contributed by atoms with E-state index in [1.807, 2.05) is 18.7 Å². The van der Waals surface area contributed by atoms with Gasteiger partial charge in [-0.15, -0.1) is 0 Å². The zero-order valence-corrected chi connectivity index (χ0v) is 15.0. The van der Waals surface area contributed by atoms with Gasteiger partial charge in [0.2, 0.25) is 0 Å². The van der Waals surface area contributed by atoms with E-state index in [4.69, 9.17) is 4.74 Å². The highest BCUT2D eigenvalue weighted by Crippen LogP contribution is 2.23. The molecule has 2 atom stereocenters. The normalized spacial score (nSPS) is 14.5. The molecule has 0 spiro atoms. The van der Waals surface area contributed by atoms with Gasteiger partial charge in [0, 0.05) is 26.1 Å². The average molecular weight is 346 g/mol. The number of aryl methyl sites for hydroxylation is 2. The van der Waals surface area contributed by atoms with Crippen LogP contribution in [-0.2, 0) is 24.6 Å². The smallest absolute Gasteiger partial charge is 0.0766 e. The molecule has 1 aromatic rings. The Morgan fingerprint density at radius 2 is 2.05 bits per heavy atom. The van der Waals surface area contributed by atoms with Crippen molar-refractivity contribution in [3.63, 3.8) is 0 Å². The quantitative estimate of drug-likeness (QED) is 0.747.